The van der Waals surface area contributed by atoms with Gasteiger partial charge >= 0.3 is 0 Å². The number of thiophene rings is 1. The number of nitrogens with two attached hydrogens (primary N) is 1. The maximum atomic E-state index is 6.36. The molecule has 0 aliphatic heterocycles. The first kappa shape index (κ1) is 11.2. The van der Waals surface area contributed by atoms with Crippen molar-refractivity contribution in [3.63, 3.8) is 0 Å². The van der Waals surface area contributed by atoms with Gasteiger partial charge < -0.3 is 5.73 Å². The van der Waals surface area contributed by atoms with E-state index in [0.717, 1.165) is 5.92 Å². The first-order valence-electron chi connectivity index (χ1n) is 5.98. The lowest BCUT2D eigenvalue weighted by atomic mass is 9.78. The summed E-state index contributed by atoms with van der Waals surface area (Å²) in [5, 5.41) is 0. The van der Waals surface area contributed by atoms with Gasteiger partial charge in [-0.05, 0) is 43.7 Å². The third-order valence-corrected chi connectivity index (χ3v) is 4.68. The Balaban J connectivity index is 2.03. The highest BCUT2D eigenvalue weighted by Gasteiger charge is 2.25. The number of hydrogen-bond acceptors (Lipinski definition) is 2. The SMILES string of the molecule is Cc1ccc(C(N)C2CCCC(C)C2)s1. The Bertz CT molecular complexity index is 318. The Kier molecular flexibility index (Phi) is 3.47. The average molecular weight is 223 g/mol. The highest BCUT2D eigenvalue weighted by Crippen LogP contribution is 2.37. The smallest absolute Gasteiger partial charge is 0.0418 e. The summed E-state index contributed by atoms with van der Waals surface area (Å²) >= 11 is 1.87. The van der Waals surface area contributed by atoms with E-state index in [9.17, 15) is 0 Å². The van der Waals surface area contributed by atoms with Crippen LogP contribution < -0.4 is 5.73 Å². The molecule has 0 radical (unpaired) electrons. The maximum absolute atomic E-state index is 6.36. The maximum Gasteiger partial charge on any atom is 0.0418 e. The lowest BCUT2D eigenvalue weighted by Gasteiger charge is -2.30. The fraction of sp³-hybridized carbons (Fsp3) is 0.692. The average Bonchev–Trinajstić information content (AvgIpc) is 2.64. The minimum absolute atomic E-state index is 0.284. The van der Waals surface area contributed by atoms with Gasteiger partial charge in [-0.15, -0.1) is 11.3 Å². The predicted octanol–water partition coefficient (Wildman–Crippen LogP) is 3.88. The molecule has 0 amide bonds. The molecule has 1 heterocycles. The van der Waals surface area contributed by atoms with Gasteiger partial charge in [0.2, 0.25) is 0 Å². The zero-order valence-electron chi connectivity index (χ0n) is 9.70. The lowest BCUT2D eigenvalue weighted by Crippen LogP contribution is -2.25. The van der Waals surface area contributed by atoms with Crippen LogP contribution in [0, 0.1) is 18.8 Å². The fourth-order valence-electron chi connectivity index (χ4n) is 2.67. The molecule has 15 heavy (non-hydrogen) atoms. The standard InChI is InChI=1S/C13H21NS/c1-9-4-3-5-11(8-9)13(14)12-7-6-10(2)15-12/h6-7,9,11,13H,3-5,8,14H2,1-2H3. The molecular formula is C13H21NS. The number of hydrogen-bond donors (Lipinski definition) is 1. The molecule has 2 N–H and O–H groups in total. The molecular weight excluding hydrogens is 202 g/mol. The van der Waals surface area contributed by atoms with Crippen molar-refractivity contribution in [1.29, 1.82) is 0 Å². The summed E-state index contributed by atoms with van der Waals surface area (Å²) in [7, 11) is 0. The van der Waals surface area contributed by atoms with Crippen LogP contribution >= 0.6 is 11.3 Å². The van der Waals surface area contributed by atoms with Crippen molar-refractivity contribution in [3.05, 3.63) is 21.9 Å². The van der Waals surface area contributed by atoms with E-state index in [1.54, 1.807) is 0 Å². The summed E-state index contributed by atoms with van der Waals surface area (Å²) < 4.78 is 0. The summed E-state index contributed by atoms with van der Waals surface area (Å²) in [5.74, 6) is 1.59. The summed E-state index contributed by atoms with van der Waals surface area (Å²) in [6, 6.07) is 4.68. The van der Waals surface area contributed by atoms with Crippen LogP contribution in [-0.4, -0.2) is 0 Å². The molecule has 0 aromatic carbocycles. The number of rotatable bonds is 2. The second-order valence-electron chi connectivity index (χ2n) is 5.01. The van der Waals surface area contributed by atoms with Gasteiger partial charge in [0.1, 0.15) is 0 Å². The molecule has 1 aliphatic carbocycles. The summed E-state index contributed by atoms with van der Waals surface area (Å²) in [5.41, 5.74) is 6.36. The van der Waals surface area contributed by atoms with E-state index in [1.807, 2.05) is 11.3 Å². The quantitative estimate of drug-likeness (QED) is 0.809. The van der Waals surface area contributed by atoms with Gasteiger partial charge in [-0.3, -0.25) is 0 Å². The van der Waals surface area contributed by atoms with Gasteiger partial charge in [-0.25, -0.2) is 0 Å². The molecule has 0 bridgehead atoms. The van der Waals surface area contributed by atoms with Crippen LogP contribution in [0.5, 0.6) is 0 Å². The first-order valence-corrected chi connectivity index (χ1v) is 6.80. The van der Waals surface area contributed by atoms with Crippen molar-refractivity contribution in [2.24, 2.45) is 17.6 Å². The zero-order chi connectivity index (χ0) is 10.8. The molecule has 3 unspecified atom stereocenters. The van der Waals surface area contributed by atoms with Gasteiger partial charge in [0, 0.05) is 15.8 Å². The molecule has 1 saturated carbocycles. The summed E-state index contributed by atoms with van der Waals surface area (Å²) in [6.07, 6.45) is 5.40. The molecule has 0 saturated heterocycles. The molecule has 1 aliphatic rings. The summed E-state index contributed by atoms with van der Waals surface area (Å²) in [4.78, 5) is 2.76. The lowest BCUT2D eigenvalue weighted by molar-refractivity contribution is 0.249. The van der Waals surface area contributed by atoms with Crippen LogP contribution in [0.15, 0.2) is 12.1 Å². The topological polar surface area (TPSA) is 26.0 Å². The van der Waals surface area contributed by atoms with Gasteiger partial charge in [0.15, 0.2) is 0 Å². The second kappa shape index (κ2) is 4.67. The molecule has 1 nitrogen and oxygen atoms in total. The van der Waals surface area contributed by atoms with E-state index in [0.29, 0.717) is 5.92 Å². The molecule has 2 rings (SSSR count). The molecule has 1 aromatic rings. The van der Waals surface area contributed by atoms with Crippen LogP contribution in [0.4, 0.5) is 0 Å². The van der Waals surface area contributed by atoms with E-state index in [1.165, 1.54) is 35.4 Å². The van der Waals surface area contributed by atoms with Crippen LogP contribution in [0.25, 0.3) is 0 Å². The molecule has 0 spiro atoms. The Hall–Kier alpha value is -0.340. The molecule has 3 atom stereocenters. The van der Waals surface area contributed by atoms with Crippen LogP contribution in [0.3, 0.4) is 0 Å². The van der Waals surface area contributed by atoms with Crippen molar-refractivity contribution >= 4 is 11.3 Å². The van der Waals surface area contributed by atoms with Gasteiger partial charge in [-0.2, -0.15) is 0 Å². The van der Waals surface area contributed by atoms with Crippen LogP contribution in [0.2, 0.25) is 0 Å². The van der Waals surface area contributed by atoms with E-state index in [-0.39, 0.29) is 6.04 Å². The third-order valence-electron chi connectivity index (χ3n) is 3.57. The largest absolute Gasteiger partial charge is 0.323 e. The number of aryl methyl sites for hydroxylation is 1. The van der Waals surface area contributed by atoms with Crippen molar-refractivity contribution in [1.82, 2.24) is 0 Å². The van der Waals surface area contributed by atoms with Crippen molar-refractivity contribution in [2.75, 3.05) is 0 Å². The van der Waals surface area contributed by atoms with Gasteiger partial charge in [0.25, 0.3) is 0 Å². The van der Waals surface area contributed by atoms with E-state index >= 15 is 0 Å². The molecule has 1 aromatic heterocycles. The molecule has 84 valence electrons. The van der Waals surface area contributed by atoms with E-state index in [2.05, 4.69) is 26.0 Å². The van der Waals surface area contributed by atoms with E-state index in [4.69, 9.17) is 5.73 Å². The molecule has 2 heteroatoms. The Morgan fingerprint density at radius 1 is 1.40 bits per heavy atom. The van der Waals surface area contributed by atoms with Crippen molar-refractivity contribution in [3.8, 4) is 0 Å². The Morgan fingerprint density at radius 2 is 2.20 bits per heavy atom. The predicted molar refractivity (Wildman–Crippen MR) is 67.1 cm³/mol. The van der Waals surface area contributed by atoms with Gasteiger partial charge in [-0.1, -0.05) is 19.8 Å². The normalized spacial score (nSPS) is 29.0. The van der Waals surface area contributed by atoms with Crippen LogP contribution in [-0.2, 0) is 0 Å². The second-order valence-corrected chi connectivity index (χ2v) is 6.33. The Morgan fingerprint density at radius 3 is 2.80 bits per heavy atom. The zero-order valence-corrected chi connectivity index (χ0v) is 10.5. The Labute approximate surface area is 96.7 Å². The van der Waals surface area contributed by atoms with Gasteiger partial charge in [0.05, 0.1) is 0 Å². The monoisotopic (exact) mass is 223 g/mol. The minimum Gasteiger partial charge on any atom is -0.323 e. The first-order chi connectivity index (χ1) is 7.16. The van der Waals surface area contributed by atoms with Crippen LogP contribution in [0.1, 0.15) is 48.4 Å². The highest BCUT2D eigenvalue weighted by atomic mass is 32.1. The fourth-order valence-corrected chi connectivity index (χ4v) is 3.64. The van der Waals surface area contributed by atoms with Crippen molar-refractivity contribution < 1.29 is 0 Å². The van der Waals surface area contributed by atoms with E-state index < -0.39 is 0 Å². The molecule has 1 fully saturated rings. The highest BCUT2D eigenvalue weighted by molar-refractivity contribution is 7.12. The van der Waals surface area contributed by atoms with Crippen molar-refractivity contribution in [2.45, 2.75) is 45.6 Å². The third kappa shape index (κ3) is 2.61. The minimum atomic E-state index is 0.284. The summed E-state index contributed by atoms with van der Waals surface area (Å²) in [6.45, 7) is 4.52.